The molecule has 3 heterocycles. The Balaban J connectivity index is 0.00000243. The van der Waals surface area contributed by atoms with Gasteiger partial charge >= 0.3 is 0 Å². The second-order valence-corrected chi connectivity index (χ2v) is 6.33. The molecule has 0 bridgehead atoms. The first-order valence-electron chi connectivity index (χ1n) is 8.15. The largest absolute Gasteiger partial charge is 0.466 e. The number of aromatic nitrogens is 2. The van der Waals surface area contributed by atoms with E-state index in [-0.39, 0.29) is 24.4 Å². The van der Waals surface area contributed by atoms with E-state index in [0.717, 1.165) is 17.1 Å². The Morgan fingerprint density at radius 2 is 2.00 bits per heavy atom. The Hall–Kier alpha value is -2.38. The highest BCUT2D eigenvalue weighted by Crippen LogP contribution is 2.31. The Bertz CT molecular complexity index is 947. The van der Waals surface area contributed by atoms with Gasteiger partial charge in [0.1, 0.15) is 11.5 Å². The molecule has 1 unspecified atom stereocenters. The van der Waals surface area contributed by atoms with Gasteiger partial charge in [-0.1, -0.05) is 5.16 Å². The SMILES string of the molecule is Cc1cc(-c2cc(C(=O)N(C)C(C)CN)c3c(C)noc3n2)c(C)o1.Cl. The number of carbonyl (C=O) groups is 1. The fraction of sp³-hybridized carbons (Fsp3) is 0.389. The van der Waals surface area contributed by atoms with Crippen molar-refractivity contribution >= 4 is 29.4 Å². The van der Waals surface area contributed by atoms with E-state index in [1.165, 1.54) is 0 Å². The van der Waals surface area contributed by atoms with Crippen LogP contribution >= 0.6 is 12.4 Å². The summed E-state index contributed by atoms with van der Waals surface area (Å²) in [5, 5.41) is 4.60. The number of aryl methyl sites for hydroxylation is 3. The van der Waals surface area contributed by atoms with Crippen molar-refractivity contribution in [1.29, 1.82) is 0 Å². The van der Waals surface area contributed by atoms with Gasteiger partial charge in [-0.15, -0.1) is 12.4 Å². The van der Waals surface area contributed by atoms with Crippen molar-refractivity contribution in [3.05, 3.63) is 34.9 Å². The van der Waals surface area contributed by atoms with Gasteiger partial charge in [0, 0.05) is 25.2 Å². The number of nitrogens with two attached hydrogens (primary N) is 1. The topological polar surface area (TPSA) is 98.4 Å². The highest BCUT2D eigenvalue weighted by Gasteiger charge is 2.24. The fourth-order valence-electron chi connectivity index (χ4n) is 2.83. The number of nitrogens with zero attached hydrogens (tertiary/aromatic N) is 3. The summed E-state index contributed by atoms with van der Waals surface area (Å²) in [6.07, 6.45) is 0. The van der Waals surface area contributed by atoms with E-state index in [0.29, 0.717) is 34.6 Å². The van der Waals surface area contributed by atoms with Crippen molar-refractivity contribution in [3.8, 4) is 11.3 Å². The lowest BCUT2D eigenvalue weighted by Crippen LogP contribution is -2.39. The van der Waals surface area contributed by atoms with E-state index < -0.39 is 0 Å². The third-order valence-corrected chi connectivity index (χ3v) is 4.49. The molecule has 3 aromatic heterocycles. The molecule has 140 valence electrons. The van der Waals surface area contributed by atoms with E-state index in [9.17, 15) is 4.79 Å². The van der Waals surface area contributed by atoms with Crippen LogP contribution in [-0.4, -0.2) is 40.6 Å². The zero-order valence-corrected chi connectivity index (χ0v) is 16.3. The molecule has 3 aromatic rings. The predicted molar refractivity (Wildman–Crippen MR) is 102 cm³/mol. The van der Waals surface area contributed by atoms with Crippen LogP contribution in [0.15, 0.2) is 21.1 Å². The minimum absolute atomic E-state index is 0. The summed E-state index contributed by atoms with van der Waals surface area (Å²) in [5.41, 5.74) is 8.63. The molecular formula is C18H23ClN4O3. The molecule has 0 radical (unpaired) electrons. The van der Waals surface area contributed by atoms with E-state index in [2.05, 4.69) is 10.1 Å². The summed E-state index contributed by atoms with van der Waals surface area (Å²) in [4.78, 5) is 19.2. The second-order valence-electron chi connectivity index (χ2n) is 6.33. The molecule has 3 rings (SSSR count). The van der Waals surface area contributed by atoms with Crippen LogP contribution in [-0.2, 0) is 0 Å². The predicted octanol–water partition coefficient (Wildman–Crippen LogP) is 3.25. The molecule has 7 nitrogen and oxygen atoms in total. The van der Waals surface area contributed by atoms with Gasteiger partial charge in [0.25, 0.3) is 11.6 Å². The molecule has 0 aliphatic rings. The minimum atomic E-state index is -0.143. The van der Waals surface area contributed by atoms with Gasteiger partial charge in [0.2, 0.25) is 0 Å². The molecule has 0 fully saturated rings. The van der Waals surface area contributed by atoms with Crippen LogP contribution in [0.3, 0.4) is 0 Å². The van der Waals surface area contributed by atoms with Gasteiger partial charge in [-0.3, -0.25) is 4.79 Å². The van der Waals surface area contributed by atoms with Crippen molar-refractivity contribution in [2.24, 2.45) is 5.73 Å². The molecule has 0 saturated carbocycles. The first-order valence-corrected chi connectivity index (χ1v) is 8.15. The summed E-state index contributed by atoms with van der Waals surface area (Å²) < 4.78 is 10.9. The first-order chi connectivity index (χ1) is 11.8. The van der Waals surface area contributed by atoms with Crippen molar-refractivity contribution in [3.63, 3.8) is 0 Å². The van der Waals surface area contributed by atoms with Gasteiger partial charge in [-0.05, 0) is 39.8 Å². The minimum Gasteiger partial charge on any atom is -0.466 e. The van der Waals surface area contributed by atoms with Crippen molar-refractivity contribution in [2.45, 2.75) is 33.7 Å². The molecule has 2 N–H and O–H groups in total. The standard InChI is InChI=1S/C18H22N4O3.ClH/c1-9(8-19)22(5)18(23)14-7-15(13-6-10(2)24-12(13)4)20-17-16(14)11(3)21-25-17;/h6-7,9H,8,19H2,1-5H3;1H. The van der Waals surface area contributed by atoms with Crippen LogP contribution in [0.1, 0.15) is 34.5 Å². The molecule has 8 heteroatoms. The van der Waals surface area contributed by atoms with Crippen LogP contribution < -0.4 is 5.73 Å². The summed E-state index contributed by atoms with van der Waals surface area (Å²) in [6, 6.07) is 3.58. The van der Waals surface area contributed by atoms with Crippen LogP contribution in [0.5, 0.6) is 0 Å². The molecule has 0 aliphatic carbocycles. The lowest BCUT2D eigenvalue weighted by atomic mass is 10.0. The Morgan fingerprint density at radius 3 is 2.58 bits per heavy atom. The lowest BCUT2D eigenvalue weighted by Gasteiger charge is -2.24. The highest BCUT2D eigenvalue weighted by atomic mass is 35.5. The fourth-order valence-corrected chi connectivity index (χ4v) is 2.83. The molecule has 1 amide bonds. The third kappa shape index (κ3) is 3.32. The average molecular weight is 379 g/mol. The monoisotopic (exact) mass is 378 g/mol. The smallest absolute Gasteiger partial charge is 0.259 e. The first kappa shape index (κ1) is 19.9. The van der Waals surface area contributed by atoms with Crippen LogP contribution in [0.25, 0.3) is 22.4 Å². The number of halogens is 1. The zero-order chi connectivity index (χ0) is 18.3. The molecule has 0 aliphatic heterocycles. The van der Waals surface area contributed by atoms with Gasteiger partial charge < -0.3 is 19.6 Å². The number of rotatable bonds is 4. The Morgan fingerprint density at radius 1 is 1.31 bits per heavy atom. The van der Waals surface area contributed by atoms with E-state index in [1.807, 2.05) is 26.8 Å². The quantitative estimate of drug-likeness (QED) is 0.748. The van der Waals surface area contributed by atoms with Crippen LogP contribution in [0.4, 0.5) is 0 Å². The number of amides is 1. The summed E-state index contributed by atoms with van der Waals surface area (Å²) in [6.45, 7) is 7.82. The van der Waals surface area contributed by atoms with Crippen LogP contribution in [0.2, 0.25) is 0 Å². The second kappa shape index (κ2) is 7.47. The van der Waals surface area contributed by atoms with Gasteiger partial charge in [-0.2, -0.15) is 0 Å². The van der Waals surface area contributed by atoms with Crippen molar-refractivity contribution in [1.82, 2.24) is 15.0 Å². The van der Waals surface area contributed by atoms with E-state index >= 15 is 0 Å². The molecule has 0 saturated heterocycles. The number of carbonyl (C=O) groups excluding carboxylic acids is 1. The molecule has 0 spiro atoms. The number of fused-ring (bicyclic) bond motifs is 1. The highest BCUT2D eigenvalue weighted by molar-refractivity contribution is 6.07. The normalized spacial score (nSPS) is 12.1. The maximum absolute atomic E-state index is 13.0. The van der Waals surface area contributed by atoms with E-state index in [1.54, 1.807) is 24.9 Å². The van der Waals surface area contributed by atoms with Crippen molar-refractivity contribution in [2.75, 3.05) is 13.6 Å². The van der Waals surface area contributed by atoms with Gasteiger partial charge in [-0.25, -0.2) is 4.98 Å². The molecule has 1 atom stereocenters. The van der Waals surface area contributed by atoms with Gasteiger partial charge in [0.15, 0.2) is 0 Å². The van der Waals surface area contributed by atoms with Crippen molar-refractivity contribution < 1.29 is 13.7 Å². The lowest BCUT2D eigenvalue weighted by molar-refractivity contribution is 0.0750. The van der Waals surface area contributed by atoms with Gasteiger partial charge in [0.05, 0.1) is 22.3 Å². The number of hydrogen-bond donors (Lipinski definition) is 1. The number of hydrogen-bond acceptors (Lipinski definition) is 6. The van der Waals surface area contributed by atoms with E-state index in [4.69, 9.17) is 14.7 Å². The molecular weight excluding hydrogens is 356 g/mol. The maximum Gasteiger partial charge on any atom is 0.259 e. The third-order valence-electron chi connectivity index (χ3n) is 4.49. The summed E-state index contributed by atoms with van der Waals surface area (Å²) in [5.74, 6) is 1.38. The molecule has 26 heavy (non-hydrogen) atoms. The summed E-state index contributed by atoms with van der Waals surface area (Å²) in [7, 11) is 1.74. The average Bonchev–Trinajstić information content (AvgIpc) is 3.14. The number of furan rings is 1. The van der Waals surface area contributed by atoms with Crippen LogP contribution in [0, 0.1) is 20.8 Å². The number of likely N-dealkylation sites (N-methyl/N-ethyl adjacent to an activating group) is 1. The number of pyridine rings is 1. The Kier molecular flexibility index (Phi) is 5.73. The summed E-state index contributed by atoms with van der Waals surface area (Å²) >= 11 is 0. The Labute approximate surface area is 157 Å². The maximum atomic E-state index is 13.0. The zero-order valence-electron chi connectivity index (χ0n) is 15.5. The molecule has 0 aromatic carbocycles.